The lowest BCUT2D eigenvalue weighted by Crippen LogP contribution is -2.51. The van der Waals surface area contributed by atoms with Crippen LogP contribution in [0.4, 0.5) is 0 Å². The van der Waals surface area contributed by atoms with Gasteiger partial charge in [-0.25, -0.2) is 8.42 Å². The third-order valence-corrected chi connectivity index (χ3v) is 7.79. The van der Waals surface area contributed by atoms with Crippen LogP contribution in [0.25, 0.3) is 0 Å². The maximum Gasteiger partial charge on any atom is 0.267 e. The molecule has 2 aromatic rings. The molecule has 0 radical (unpaired) electrons. The van der Waals surface area contributed by atoms with E-state index in [1.807, 2.05) is 37.3 Å². The number of hydrogen-bond acceptors (Lipinski definition) is 4. The number of carbonyl (C=O) groups excluding carboxylic acids is 2. The van der Waals surface area contributed by atoms with Gasteiger partial charge in [-0.2, -0.15) is 4.31 Å². The topological polar surface area (TPSA) is 101 Å². The first-order chi connectivity index (χ1) is 15.2. The van der Waals surface area contributed by atoms with Crippen LogP contribution in [-0.4, -0.2) is 54.8 Å². The Labute approximate surface area is 189 Å². The molecule has 1 aromatic carbocycles. The van der Waals surface area contributed by atoms with Crippen molar-refractivity contribution >= 4 is 21.8 Å². The van der Waals surface area contributed by atoms with E-state index in [1.54, 1.807) is 7.05 Å². The highest BCUT2D eigenvalue weighted by Crippen LogP contribution is 2.25. The second-order valence-electron chi connectivity index (χ2n) is 8.06. The Bertz CT molecular complexity index is 1080. The van der Waals surface area contributed by atoms with E-state index in [4.69, 9.17) is 0 Å². The Morgan fingerprint density at radius 1 is 1.19 bits per heavy atom. The lowest BCUT2D eigenvalue weighted by molar-refractivity contribution is -0.117. The van der Waals surface area contributed by atoms with Gasteiger partial charge in [-0.15, -0.1) is 0 Å². The van der Waals surface area contributed by atoms with E-state index in [2.05, 4.69) is 17.2 Å². The molecule has 2 heterocycles. The first-order valence-electron chi connectivity index (χ1n) is 10.6. The monoisotopic (exact) mass is 458 g/mol. The maximum atomic E-state index is 13.2. The van der Waals surface area contributed by atoms with Crippen LogP contribution in [0, 0.1) is 5.92 Å². The molecule has 0 spiro atoms. The molecule has 8 nitrogen and oxygen atoms in total. The fourth-order valence-electron chi connectivity index (χ4n) is 3.95. The predicted molar refractivity (Wildman–Crippen MR) is 123 cm³/mol. The van der Waals surface area contributed by atoms with E-state index >= 15 is 0 Å². The summed E-state index contributed by atoms with van der Waals surface area (Å²) >= 11 is 0. The highest BCUT2D eigenvalue weighted by Gasteiger charge is 2.35. The van der Waals surface area contributed by atoms with E-state index in [1.165, 1.54) is 27.1 Å². The van der Waals surface area contributed by atoms with Gasteiger partial charge in [-0.05, 0) is 42.5 Å². The quantitative estimate of drug-likeness (QED) is 0.588. The Balaban J connectivity index is 1.64. The Hall–Kier alpha value is -2.91. The lowest BCUT2D eigenvalue weighted by Gasteiger charge is -2.36. The number of amides is 2. The van der Waals surface area contributed by atoms with Gasteiger partial charge in [0.2, 0.25) is 5.91 Å². The van der Waals surface area contributed by atoms with Crippen LogP contribution >= 0.6 is 0 Å². The molecular formula is C23H30N4O4S. The third-order valence-electron chi connectivity index (χ3n) is 5.84. The van der Waals surface area contributed by atoms with Crippen molar-refractivity contribution in [2.75, 3.05) is 19.6 Å². The van der Waals surface area contributed by atoms with Gasteiger partial charge in [-0.1, -0.05) is 43.8 Å². The maximum absolute atomic E-state index is 13.2. The van der Waals surface area contributed by atoms with Gasteiger partial charge in [0.1, 0.15) is 5.69 Å². The fraction of sp³-hybridized carbons (Fsp3) is 0.391. The molecule has 1 aliphatic heterocycles. The van der Waals surface area contributed by atoms with E-state index < -0.39 is 10.0 Å². The molecule has 9 heteroatoms. The molecule has 0 bridgehead atoms. The molecule has 1 aliphatic rings. The summed E-state index contributed by atoms with van der Waals surface area (Å²) in [7, 11) is -2.19. The van der Waals surface area contributed by atoms with Gasteiger partial charge in [0.05, 0.1) is 0 Å². The van der Waals surface area contributed by atoms with E-state index in [9.17, 15) is 18.0 Å². The van der Waals surface area contributed by atoms with Crippen molar-refractivity contribution in [3.8, 4) is 0 Å². The Kier molecular flexibility index (Phi) is 7.52. The van der Waals surface area contributed by atoms with E-state index in [-0.39, 0.29) is 41.0 Å². The van der Waals surface area contributed by atoms with Crippen molar-refractivity contribution < 1.29 is 18.0 Å². The van der Waals surface area contributed by atoms with Crippen LogP contribution in [-0.2, 0) is 28.3 Å². The van der Waals surface area contributed by atoms with Gasteiger partial charge >= 0.3 is 0 Å². The van der Waals surface area contributed by atoms with Gasteiger partial charge in [0, 0.05) is 32.7 Å². The van der Waals surface area contributed by atoms with Crippen molar-refractivity contribution in [3.63, 3.8) is 0 Å². The molecule has 2 amide bonds. The highest BCUT2D eigenvalue weighted by atomic mass is 32.2. The molecule has 2 unspecified atom stereocenters. The van der Waals surface area contributed by atoms with E-state index in [0.717, 1.165) is 5.56 Å². The standard InChI is InChI=1S/C23H30N4O4S/c1-4-21(28)25-19-13-15-27(16-17(19)2)32(30,31)22-11-10-20(26(22)3)23(29)24-14-12-18-8-6-5-7-9-18/h4-11,17,19H,1,12-16H2,2-3H3,(H,24,29)(H,25,28). The Morgan fingerprint density at radius 3 is 2.56 bits per heavy atom. The summed E-state index contributed by atoms with van der Waals surface area (Å²) in [5.74, 6) is -0.629. The summed E-state index contributed by atoms with van der Waals surface area (Å²) < 4.78 is 29.3. The van der Waals surface area contributed by atoms with Crippen LogP contribution in [0.5, 0.6) is 0 Å². The van der Waals surface area contributed by atoms with Crippen LogP contribution in [0.2, 0.25) is 0 Å². The van der Waals surface area contributed by atoms with Crippen LogP contribution in [0.3, 0.4) is 0 Å². The first-order valence-corrected chi connectivity index (χ1v) is 12.1. The predicted octanol–water partition coefficient (Wildman–Crippen LogP) is 1.70. The lowest BCUT2D eigenvalue weighted by atomic mass is 9.95. The summed E-state index contributed by atoms with van der Waals surface area (Å²) in [6, 6.07) is 12.7. The number of aromatic nitrogens is 1. The zero-order chi connectivity index (χ0) is 23.3. The minimum Gasteiger partial charge on any atom is -0.350 e. The summed E-state index contributed by atoms with van der Waals surface area (Å²) in [5, 5.41) is 5.78. The molecule has 32 heavy (non-hydrogen) atoms. The molecule has 2 atom stereocenters. The molecule has 1 saturated heterocycles. The van der Waals surface area contributed by atoms with Gasteiger partial charge in [0.25, 0.3) is 15.9 Å². The second kappa shape index (κ2) is 10.1. The summed E-state index contributed by atoms with van der Waals surface area (Å²) in [5.41, 5.74) is 1.41. The summed E-state index contributed by atoms with van der Waals surface area (Å²) in [4.78, 5) is 24.2. The van der Waals surface area contributed by atoms with Crippen LogP contribution in [0.15, 0.2) is 60.1 Å². The van der Waals surface area contributed by atoms with Crippen molar-refractivity contribution in [2.45, 2.75) is 30.8 Å². The largest absolute Gasteiger partial charge is 0.350 e. The van der Waals surface area contributed by atoms with Crippen molar-refractivity contribution in [1.29, 1.82) is 0 Å². The van der Waals surface area contributed by atoms with Crippen LogP contribution < -0.4 is 10.6 Å². The molecule has 172 valence electrons. The smallest absolute Gasteiger partial charge is 0.267 e. The first kappa shape index (κ1) is 23.7. The van der Waals surface area contributed by atoms with Crippen molar-refractivity contribution in [1.82, 2.24) is 19.5 Å². The summed E-state index contributed by atoms with van der Waals surface area (Å²) in [6.45, 7) is 6.39. The average molecular weight is 459 g/mol. The zero-order valence-corrected chi connectivity index (χ0v) is 19.3. The van der Waals surface area contributed by atoms with Crippen molar-refractivity contribution in [2.24, 2.45) is 13.0 Å². The minimum absolute atomic E-state index is 0.0524. The number of carbonyl (C=O) groups is 2. The van der Waals surface area contributed by atoms with Crippen LogP contribution in [0.1, 0.15) is 29.4 Å². The van der Waals surface area contributed by atoms with Gasteiger partial charge in [0.15, 0.2) is 5.03 Å². The number of nitrogens with one attached hydrogen (secondary N) is 2. The zero-order valence-electron chi connectivity index (χ0n) is 18.5. The minimum atomic E-state index is -3.78. The van der Waals surface area contributed by atoms with E-state index in [0.29, 0.717) is 25.9 Å². The van der Waals surface area contributed by atoms with Gasteiger partial charge in [-0.3, -0.25) is 9.59 Å². The fourth-order valence-corrected chi connectivity index (χ4v) is 5.68. The number of nitrogens with zero attached hydrogens (tertiary/aromatic N) is 2. The number of sulfonamides is 1. The molecule has 0 aliphatic carbocycles. The number of rotatable bonds is 8. The highest BCUT2D eigenvalue weighted by molar-refractivity contribution is 7.89. The SMILES string of the molecule is C=CC(=O)NC1CCN(S(=O)(=O)c2ccc(C(=O)NCCc3ccccc3)n2C)CC1C. The van der Waals surface area contributed by atoms with Gasteiger partial charge < -0.3 is 15.2 Å². The molecular weight excluding hydrogens is 428 g/mol. The number of hydrogen-bond donors (Lipinski definition) is 2. The number of benzene rings is 1. The Morgan fingerprint density at radius 2 is 1.91 bits per heavy atom. The summed E-state index contributed by atoms with van der Waals surface area (Å²) in [6.07, 6.45) is 2.42. The normalized spacial score (nSPS) is 19.3. The third kappa shape index (κ3) is 5.28. The number of piperidine rings is 1. The molecule has 0 saturated carbocycles. The molecule has 1 fully saturated rings. The van der Waals surface area contributed by atoms with Crippen molar-refractivity contribution in [3.05, 3.63) is 66.4 Å². The average Bonchev–Trinajstić information content (AvgIpc) is 3.17. The second-order valence-corrected chi connectivity index (χ2v) is 9.94. The molecule has 1 aromatic heterocycles. The molecule has 3 rings (SSSR count). The molecule has 2 N–H and O–H groups in total.